The number of H-pyrrole nitrogens is 1. The molecule has 0 radical (unpaired) electrons. The summed E-state index contributed by atoms with van der Waals surface area (Å²) in [5.41, 5.74) is 0.860. The number of carbonyl (C=O) groups is 2. The summed E-state index contributed by atoms with van der Waals surface area (Å²) in [6.45, 7) is 0. The van der Waals surface area contributed by atoms with Gasteiger partial charge in [-0.3, -0.25) is 9.89 Å². The lowest BCUT2D eigenvalue weighted by molar-refractivity contribution is -0.116. The molecule has 0 saturated carbocycles. The maximum Gasteiger partial charge on any atom is 0.353 e. The molecule has 1 aromatic carbocycles. The second-order valence-corrected chi connectivity index (χ2v) is 4.33. The molecule has 0 atom stereocenters. The van der Waals surface area contributed by atoms with Crippen molar-refractivity contribution in [3.8, 4) is 5.75 Å². The van der Waals surface area contributed by atoms with Crippen molar-refractivity contribution in [2.45, 2.75) is 12.8 Å². The van der Waals surface area contributed by atoms with Gasteiger partial charge < -0.3 is 15.2 Å². The largest absolute Gasteiger partial charge is 0.496 e. The molecule has 1 amide bonds. The number of carboxylic acid groups (broad SMARTS) is 1. The van der Waals surface area contributed by atoms with Gasteiger partial charge in [0.2, 0.25) is 5.91 Å². The van der Waals surface area contributed by atoms with Crippen LogP contribution in [0.1, 0.15) is 22.5 Å². The third-order valence-electron chi connectivity index (χ3n) is 2.89. The molecule has 0 aliphatic heterocycles. The van der Waals surface area contributed by atoms with Crippen LogP contribution in [0.4, 0.5) is 5.82 Å². The molecule has 0 aliphatic rings. The van der Waals surface area contributed by atoms with E-state index in [0.717, 1.165) is 11.3 Å². The molecule has 1 heterocycles. The molecule has 0 unspecified atom stereocenters. The van der Waals surface area contributed by atoms with Crippen LogP contribution in [-0.2, 0) is 11.2 Å². The SMILES string of the molecule is COc1ccccc1CCC(=O)Nc1cc(C(=O)O)[nH]n1. The van der Waals surface area contributed by atoms with Gasteiger partial charge in [0.15, 0.2) is 5.82 Å². The number of aromatic carboxylic acids is 1. The van der Waals surface area contributed by atoms with E-state index in [2.05, 4.69) is 15.5 Å². The van der Waals surface area contributed by atoms with Gasteiger partial charge in [-0.1, -0.05) is 18.2 Å². The Kier molecular flexibility index (Phi) is 4.55. The van der Waals surface area contributed by atoms with Gasteiger partial charge in [0.1, 0.15) is 11.4 Å². The molecule has 7 nitrogen and oxygen atoms in total. The van der Waals surface area contributed by atoms with E-state index in [4.69, 9.17) is 9.84 Å². The number of aromatic nitrogens is 2. The molecular formula is C14H15N3O4. The number of para-hydroxylation sites is 1. The van der Waals surface area contributed by atoms with Gasteiger partial charge >= 0.3 is 5.97 Å². The van der Waals surface area contributed by atoms with Crippen LogP contribution < -0.4 is 10.1 Å². The molecule has 1 aromatic heterocycles. The number of aromatic amines is 1. The quantitative estimate of drug-likeness (QED) is 0.750. The second-order valence-electron chi connectivity index (χ2n) is 4.33. The Morgan fingerprint density at radius 3 is 2.81 bits per heavy atom. The van der Waals surface area contributed by atoms with E-state index in [0.29, 0.717) is 6.42 Å². The van der Waals surface area contributed by atoms with E-state index in [9.17, 15) is 9.59 Å². The molecule has 2 rings (SSSR count). The molecule has 0 fully saturated rings. The number of rotatable bonds is 6. The first-order chi connectivity index (χ1) is 10.1. The van der Waals surface area contributed by atoms with Gasteiger partial charge in [0.05, 0.1) is 7.11 Å². The summed E-state index contributed by atoms with van der Waals surface area (Å²) >= 11 is 0. The summed E-state index contributed by atoms with van der Waals surface area (Å²) in [5, 5.41) is 17.3. The predicted octanol–water partition coefficient (Wildman–Crippen LogP) is 1.69. The summed E-state index contributed by atoms with van der Waals surface area (Å²) < 4.78 is 5.21. The first kappa shape index (κ1) is 14.6. The smallest absolute Gasteiger partial charge is 0.353 e. The van der Waals surface area contributed by atoms with Crippen LogP contribution in [0.25, 0.3) is 0 Å². The summed E-state index contributed by atoms with van der Waals surface area (Å²) in [7, 11) is 1.58. The average Bonchev–Trinajstić information content (AvgIpc) is 2.94. The number of hydrogen-bond acceptors (Lipinski definition) is 4. The molecule has 7 heteroatoms. The Balaban J connectivity index is 1.91. The van der Waals surface area contributed by atoms with E-state index in [1.165, 1.54) is 6.07 Å². The number of benzene rings is 1. The lowest BCUT2D eigenvalue weighted by Crippen LogP contribution is -2.12. The minimum Gasteiger partial charge on any atom is -0.496 e. The second kappa shape index (κ2) is 6.56. The van der Waals surface area contributed by atoms with E-state index in [1.54, 1.807) is 7.11 Å². The number of carboxylic acids is 1. The maximum absolute atomic E-state index is 11.8. The number of hydrogen-bond donors (Lipinski definition) is 3. The Morgan fingerprint density at radius 2 is 2.14 bits per heavy atom. The molecular weight excluding hydrogens is 274 g/mol. The summed E-state index contributed by atoms with van der Waals surface area (Å²) in [6, 6.07) is 8.73. The standard InChI is InChI=1S/C14H15N3O4/c1-21-11-5-3-2-4-9(11)6-7-13(18)15-12-8-10(14(19)20)16-17-12/h2-5,8H,6-7H2,1H3,(H,19,20)(H2,15,16,17,18). The van der Waals surface area contributed by atoms with Gasteiger partial charge in [-0.25, -0.2) is 4.79 Å². The van der Waals surface area contributed by atoms with Gasteiger partial charge in [0, 0.05) is 12.5 Å². The molecule has 0 saturated heterocycles. The zero-order chi connectivity index (χ0) is 15.2. The van der Waals surface area contributed by atoms with Crippen molar-refractivity contribution in [3.05, 3.63) is 41.6 Å². The first-order valence-electron chi connectivity index (χ1n) is 6.30. The van der Waals surface area contributed by atoms with Gasteiger partial charge in [-0.2, -0.15) is 5.10 Å². The van der Waals surface area contributed by atoms with Gasteiger partial charge in [0.25, 0.3) is 0 Å². The van der Waals surface area contributed by atoms with Crippen LogP contribution in [0, 0.1) is 0 Å². The van der Waals surface area contributed by atoms with Crippen LogP contribution in [0.5, 0.6) is 5.75 Å². The third kappa shape index (κ3) is 3.82. The maximum atomic E-state index is 11.8. The highest BCUT2D eigenvalue weighted by Gasteiger charge is 2.11. The Labute approximate surface area is 120 Å². The fraction of sp³-hybridized carbons (Fsp3) is 0.214. The molecule has 3 N–H and O–H groups in total. The van der Waals surface area contributed by atoms with Gasteiger partial charge in [-0.15, -0.1) is 0 Å². The molecule has 0 aliphatic carbocycles. The number of methoxy groups -OCH3 is 1. The van der Waals surface area contributed by atoms with Crippen molar-refractivity contribution in [1.29, 1.82) is 0 Å². The number of nitrogens with one attached hydrogen (secondary N) is 2. The minimum absolute atomic E-state index is 0.0740. The number of carbonyl (C=O) groups excluding carboxylic acids is 1. The first-order valence-corrected chi connectivity index (χ1v) is 6.30. The highest BCUT2D eigenvalue weighted by atomic mass is 16.5. The zero-order valence-electron chi connectivity index (χ0n) is 11.4. The van der Waals surface area contributed by atoms with Crippen molar-refractivity contribution in [2.24, 2.45) is 0 Å². The Hall–Kier alpha value is -2.83. The highest BCUT2D eigenvalue weighted by Crippen LogP contribution is 2.19. The van der Waals surface area contributed by atoms with Crippen LogP contribution in [0.15, 0.2) is 30.3 Å². The number of anilines is 1. The number of nitrogens with zero attached hydrogens (tertiary/aromatic N) is 1. The van der Waals surface area contributed by atoms with E-state index < -0.39 is 5.97 Å². The topological polar surface area (TPSA) is 104 Å². The molecule has 21 heavy (non-hydrogen) atoms. The Morgan fingerprint density at radius 1 is 1.38 bits per heavy atom. The molecule has 2 aromatic rings. The lowest BCUT2D eigenvalue weighted by atomic mass is 10.1. The molecule has 0 bridgehead atoms. The van der Waals surface area contributed by atoms with Crippen molar-refractivity contribution < 1.29 is 19.4 Å². The third-order valence-corrected chi connectivity index (χ3v) is 2.89. The van der Waals surface area contributed by atoms with Crippen LogP contribution in [0.3, 0.4) is 0 Å². The van der Waals surface area contributed by atoms with Crippen molar-refractivity contribution in [2.75, 3.05) is 12.4 Å². The van der Waals surface area contributed by atoms with E-state index >= 15 is 0 Å². The highest BCUT2D eigenvalue weighted by molar-refractivity contribution is 5.92. The van der Waals surface area contributed by atoms with E-state index in [-0.39, 0.29) is 23.8 Å². The number of ether oxygens (including phenoxy) is 1. The number of aryl methyl sites for hydroxylation is 1. The molecule has 110 valence electrons. The summed E-state index contributed by atoms with van der Waals surface area (Å²) in [6.07, 6.45) is 0.766. The Bertz CT molecular complexity index is 651. The van der Waals surface area contributed by atoms with Crippen molar-refractivity contribution >= 4 is 17.7 Å². The zero-order valence-corrected chi connectivity index (χ0v) is 11.4. The van der Waals surface area contributed by atoms with E-state index in [1.807, 2.05) is 24.3 Å². The fourth-order valence-electron chi connectivity index (χ4n) is 1.86. The van der Waals surface area contributed by atoms with Crippen LogP contribution in [0.2, 0.25) is 0 Å². The van der Waals surface area contributed by atoms with Gasteiger partial charge in [-0.05, 0) is 18.1 Å². The monoisotopic (exact) mass is 289 g/mol. The minimum atomic E-state index is -1.13. The fourth-order valence-corrected chi connectivity index (χ4v) is 1.86. The normalized spacial score (nSPS) is 10.1. The van der Waals surface area contributed by atoms with Crippen LogP contribution in [-0.4, -0.2) is 34.3 Å². The summed E-state index contributed by atoms with van der Waals surface area (Å²) in [5.74, 6) is -0.447. The number of amides is 1. The molecule has 0 spiro atoms. The summed E-state index contributed by atoms with van der Waals surface area (Å²) in [4.78, 5) is 22.5. The van der Waals surface area contributed by atoms with Crippen molar-refractivity contribution in [1.82, 2.24) is 10.2 Å². The van der Waals surface area contributed by atoms with Crippen LogP contribution >= 0.6 is 0 Å². The lowest BCUT2D eigenvalue weighted by Gasteiger charge is -2.07. The average molecular weight is 289 g/mol. The van der Waals surface area contributed by atoms with Crippen molar-refractivity contribution in [3.63, 3.8) is 0 Å². The predicted molar refractivity (Wildman–Crippen MR) is 75.5 cm³/mol.